The summed E-state index contributed by atoms with van der Waals surface area (Å²) in [5, 5.41) is 2.31. The van der Waals surface area contributed by atoms with Gasteiger partial charge in [-0.25, -0.2) is 0 Å². The van der Waals surface area contributed by atoms with E-state index < -0.39 is 0 Å². The predicted octanol–water partition coefficient (Wildman–Crippen LogP) is 1.87. The molecule has 0 atom stereocenters. The highest BCUT2D eigenvalue weighted by molar-refractivity contribution is 5.36. The zero-order valence-corrected chi connectivity index (χ0v) is 8.62. The lowest BCUT2D eigenvalue weighted by Crippen LogP contribution is -2.23. The second-order valence-corrected chi connectivity index (χ2v) is 2.20. The van der Waals surface area contributed by atoms with Gasteiger partial charge in [0.1, 0.15) is 0 Å². The average Bonchev–Trinajstić information content (AvgIpc) is 2.22. The molecule has 0 spiro atoms. The van der Waals surface area contributed by atoms with Crippen molar-refractivity contribution in [2.45, 2.75) is 20.8 Å². The minimum atomic E-state index is 1.15. The van der Waals surface area contributed by atoms with Crippen LogP contribution in [-0.4, -0.2) is 4.98 Å². The van der Waals surface area contributed by atoms with Crippen molar-refractivity contribution in [3.05, 3.63) is 41.6 Å². The monoisotopic (exact) mass is 175 g/mol. The van der Waals surface area contributed by atoms with Crippen molar-refractivity contribution in [1.29, 1.82) is 0 Å². The Morgan fingerprint density at radius 1 is 1.31 bits per heavy atom. The van der Waals surface area contributed by atoms with Crippen molar-refractivity contribution in [2.75, 3.05) is 0 Å². The summed E-state index contributed by atoms with van der Waals surface area (Å²) in [5.41, 5.74) is 0. The normalized spacial score (nSPS) is 11.9. The van der Waals surface area contributed by atoms with E-state index >= 15 is 0 Å². The molecule has 1 rings (SSSR count). The Hall–Kier alpha value is -1.37. The third-order valence-electron chi connectivity index (χ3n) is 1.50. The highest BCUT2D eigenvalue weighted by Crippen LogP contribution is 1.67. The molecule has 1 nitrogen and oxygen atoms in total. The van der Waals surface area contributed by atoms with E-state index in [2.05, 4.69) is 11.6 Å². The number of rotatable bonds is 1. The lowest BCUT2D eigenvalue weighted by atomic mass is 10.3. The van der Waals surface area contributed by atoms with Gasteiger partial charge in [0.2, 0.25) is 0 Å². The van der Waals surface area contributed by atoms with Gasteiger partial charge in [-0.15, -0.1) is 0 Å². The Morgan fingerprint density at radius 3 is 2.54 bits per heavy atom. The van der Waals surface area contributed by atoms with Gasteiger partial charge < -0.3 is 0 Å². The molecule has 0 unspecified atom stereocenters. The van der Waals surface area contributed by atoms with Crippen molar-refractivity contribution in [3.63, 3.8) is 0 Å². The fourth-order valence-corrected chi connectivity index (χ4v) is 0.937. The molecule has 0 fully saturated rings. The van der Waals surface area contributed by atoms with Crippen LogP contribution in [-0.2, 0) is 0 Å². The molecule has 0 amide bonds. The second-order valence-electron chi connectivity index (χ2n) is 2.20. The third-order valence-corrected chi connectivity index (χ3v) is 1.50. The molecular weight excluding hydrogens is 158 g/mol. The largest absolute Gasteiger partial charge is 0.264 e. The van der Waals surface area contributed by atoms with Gasteiger partial charge >= 0.3 is 0 Å². The number of allylic oxidation sites excluding steroid dienone is 1. The first kappa shape index (κ1) is 11.6. The van der Waals surface area contributed by atoms with Gasteiger partial charge in [0.25, 0.3) is 0 Å². The van der Waals surface area contributed by atoms with E-state index in [4.69, 9.17) is 0 Å². The van der Waals surface area contributed by atoms with Crippen molar-refractivity contribution < 1.29 is 0 Å². The van der Waals surface area contributed by atoms with Gasteiger partial charge in [0, 0.05) is 12.4 Å². The van der Waals surface area contributed by atoms with E-state index in [9.17, 15) is 0 Å². The van der Waals surface area contributed by atoms with E-state index in [0.717, 1.165) is 10.4 Å². The lowest BCUT2D eigenvalue weighted by Gasteiger charge is -1.85. The van der Waals surface area contributed by atoms with Crippen molar-refractivity contribution in [3.8, 4) is 0 Å². The smallest absolute Gasteiger partial charge is 0.0343 e. The zero-order valence-electron chi connectivity index (χ0n) is 8.62. The summed E-state index contributed by atoms with van der Waals surface area (Å²) in [6, 6.07) is 1.97. The van der Waals surface area contributed by atoms with Crippen LogP contribution < -0.4 is 10.4 Å². The molecule has 1 heteroatoms. The average molecular weight is 175 g/mol. The summed E-state index contributed by atoms with van der Waals surface area (Å²) >= 11 is 0. The van der Waals surface area contributed by atoms with Gasteiger partial charge in [0.15, 0.2) is 0 Å². The Balaban J connectivity index is 0.000000671. The Bertz CT molecular complexity index is 350. The zero-order chi connectivity index (χ0) is 10.1. The predicted molar refractivity (Wildman–Crippen MR) is 59.6 cm³/mol. The highest BCUT2D eigenvalue weighted by Gasteiger charge is 1.79. The van der Waals surface area contributed by atoms with Gasteiger partial charge in [-0.1, -0.05) is 38.7 Å². The van der Waals surface area contributed by atoms with Crippen LogP contribution in [0.5, 0.6) is 0 Å². The number of hydrogen-bond donors (Lipinski definition) is 0. The topological polar surface area (TPSA) is 12.9 Å². The van der Waals surface area contributed by atoms with Gasteiger partial charge in [-0.3, -0.25) is 4.98 Å². The number of pyridine rings is 1. The molecule has 1 heterocycles. The molecule has 0 aliphatic rings. The Kier molecular flexibility index (Phi) is 6.52. The van der Waals surface area contributed by atoms with E-state index in [1.54, 1.807) is 12.3 Å². The molecule has 0 aromatic carbocycles. The maximum Gasteiger partial charge on any atom is 0.0343 e. The molecule has 70 valence electrons. The van der Waals surface area contributed by atoms with E-state index in [-0.39, 0.29) is 0 Å². The summed E-state index contributed by atoms with van der Waals surface area (Å²) in [5.74, 6) is 0. The molecule has 0 saturated carbocycles. The Morgan fingerprint density at radius 2 is 2.00 bits per heavy atom. The molecule has 0 aliphatic carbocycles. The summed E-state index contributed by atoms with van der Waals surface area (Å²) < 4.78 is 0. The minimum Gasteiger partial charge on any atom is -0.264 e. The van der Waals surface area contributed by atoms with Crippen molar-refractivity contribution in [1.82, 2.24) is 4.98 Å². The quantitative estimate of drug-likeness (QED) is 0.635. The molecule has 1 aromatic heterocycles. The van der Waals surface area contributed by atoms with Crippen LogP contribution >= 0.6 is 0 Å². The fourth-order valence-electron chi connectivity index (χ4n) is 0.937. The van der Waals surface area contributed by atoms with Gasteiger partial charge in [-0.05, 0) is 23.4 Å². The SMILES string of the molecule is C=C/C=c1/ccnc/c1=C/C.CC. The van der Waals surface area contributed by atoms with Crippen molar-refractivity contribution >= 4 is 12.2 Å². The highest BCUT2D eigenvalue weighted by atomic mass is 14.6. The van der Waals surface area contributed by atoms with Crippen LogP contribution in [0.15, 0.2) is 31.1 Å². The molecule has 0 radical (unpaired) electrons. The molecule has 0 saturated heterocycles. The van der Waals surface area contributed by atoms with E-state index in [1.807, 2.05) is 45.2 Å². The molecule has 0 aliphatic heterocycles. The van der Waals surface area contributed by atoms with E-state index in [0.29, 0.717) is 0 Å². The van der Waals surface area contributed by atoms with Gasteiger partial charge in [0.05, 0.1) is 0 Å². The molecule has 1 aromatic rings. The summed E-state index contributed by atoms with van der Waals surface area (Å²) in [6.45, 7) is 9.64. The van der Waals surface area contributed by atoms with Crippen LogP contribution in [0, 0.1) is 0 Å². The first-order chi connectivity index (χ1) is 6.38. The van der Waals surface area contributed by atoms with Gasteiger partial charge in [-0.2, -0.15) is 0 Å². The number of hydrogen-bond acceptors (Lipinski definition) is 1. The van der Waals surface area contributed by atoms with Crippen LogP contribution in [0.2, 0.25) is 0 Å². The van der Waals surface area contributed by atoms with Crippen LogP contribution in [0.25, 0.3) is 12.2 Å². The summed E-state index contributed by atoms with van der Waals surface area (Å²) in [7, 11) is 0. The second kappa shape index (κ2) is 7.29. The third kappa shape index (κ3) is 3.70. The first-order valence-corrected chi connectivity index (χ1v) is 4.57. The first-order valence-electron chi connectivity index (χ1n) is 4.57. The molecule has 0 bridgehead atoms. The lowest BCUT2D eigenvalue weighted by molar-refractivity contribution is 1.27. The number of aromatic nitrogens is 1. The standard InChI is InChI=1S/C10H11N.C2H6/c1-3-5-10-6-7-11-8-9(10)4-2;1-2/h3-8H,1H2,2H3;1-2H3/b9-4-,10-5-;. The Labute approximate surface area is 80.1 Å². The summed E-state index contributed by atoms with van der Waals surface area (Å²) in [6.07, 6.45) is 9.40. The maximum absolute atomic E-state index is 4.01. The van der Waals surface area contributed by atoms with E-state index in [1.165, 1.54) is 0 Å². The summed E-state index contributed by atoms with van der Waals surface area (Å²) in [4.78, 5) is 4.01. The molecule has 13 heavy (non-hydrogen) atoms. The van der Waals surface area contributed by atoms with Crippen LogP contribution in [0.1, 0.15) is 20.8 Å². The minimum absolute atomic E-state index is 1.15. The molecule has 0 N–H and O–H groups in total. The number of nitrogens with zero attached hydrogens (tertiary/aromatic N) is 1. The maximum atomic E-state index is 4.01. The molecular formula is C12H17N. The fraction of sp³-hybridized carbons (Fsp3) is 0.250. The van der Waals surface area contributed by atoms with Crippen LogP contribution in [0.4, 0.5) is 0 Å². The van der Waals surface area contributed by atoms with Crippen molar-refractivity contribution in [2.24, 2.45) is 0 Å². The van der Waals surface area contributed by atoms with Crippen LogP contribution in [0.3, 0.4) is 0 Å².